The Morgan fingerprint density at radius 3 is 1.63 bits per heavy atom. The average Bonchev–Trinajstić information content (AvgIpc) is 3.72. The number of aromatic amines is 2. The molecule has 0 bridgehead atoms. The molecule has 38 heavy (non-hydrogen) atoms. The van der Waals surface area contributed by atoms with Crippen LogP contribution in [0, 0.1) is 0 Å². The van der Waals surface area contributed by atoms with Crippen LogP contribution < -0.4 is 22.6 Å². The lowest BCUT2D eigenvalue weighted by Gasteiger charge is -2.16. The van der Waals surface area contributed by atoms with Gasteiger partial charge in [0, 0.05) is 4.57 Å². The number of aromatic nitrogens is 8. The molecule has 200 valence electrons. The monoisotopic (exact) mass is 547 g/mol. The molecule has 0 radical (unpaired) electrons. The molecule has 4 aromatic heterocycles. The standard InChI is InChI=1S/C20H23N10O7P/c21-17-25-13-11(15(31)27-17)23-7-29(13)5-19(1-2-19)34-9-36-38(33)37-10-35-20(3-4-20)6-30-8-24-12-14(30)26-18(22)28-16(12)32/h7-8H,1-6,9-10H2,(H5-,21,22,25,26,27,28,31,32)/p+1. The first-order valence-corrected chi connectivity index (χ1v) is 12.8. The highest BCUT2D eigenvalue weighted by molar-refractivity contribution is 7.33. The van der Waals surface area contributed by atoms with Gasteiger partial charge in [0.15, 0.2) is 22.3 Å². The molecule has 0 atom stereocenters. The van der Waals surface area contributed by atoms with Crippen LogP contribution in [0.2, 0.25) is 0 Å². The zero-order chi connectivity index (χ0) is 26.5. The second-order valence-electron chi connectivity index (χ2n) is 9.36. The van der Waals surface area contributed by atoms with E-state index < -0.39 is 30.6 Å². The minimum absolute atomic E-state index is 0.00215. The van der Waals surface area contributed by atoms with Crippen LogP contribution in [-0.4, -0.2) is 63.8 Å². The van der Waals surface area contributed by atoms with Gasteiger partial charge in [0.25, 0.3) is 11.1 Å². The first-order chi connectivity index (χ1) is 18.2. The van der Waals surface area contributed by atoms with E-state index in [0.29, 0.717) is 24.4 Å². The van der Waals surface area contributed by atoms with E-state index in [-0.39, 0.29) is 36.5 Å². The Morgan fingerprint density at radius 1 is 0.816 bits per heavy atom. The van der Waals surface area contributed by atoms with Gasteiger partial charge in [-0.25, -0.2) is 9.97 Å². The van der Waals surface area contributed by atoms with Crippen molar-refractivity contribution < 1.29 is 23.1 Å². The van der Waals surface area contributed by atoms with Crippen molar-refractivity contribution in [2.75, 3.05) is 25.1 Å². The van der Waals surface area contributed by atoms with Gasteiger partial charge >= 0.3 is 8.25 Å². The number of nitrogen functional groups attached to an aromatic ring is 2. The van der Waals surface area contributed by atoms with E-state index in [2.05, 4.69) is 29.9 Å². The molecule has 2 aliphatic rings. The molecule has 0 saturated heterocycles. The molecule has 0 aromatic carbocycles. The van der Waals surface area contributed by atoms with Gasteiger partial charge in [-0.15, -0.1) is 0 Å². The molecule has 0 spiro atoms. The van der Waals surface area contributed by atoms with Crippen molar-refractivity contribution in [2.24, 2.45) is 0 Å². The van der Waals surface area contributed by atoms with Crippen LogP contribution in [0.1, 0.15) is 25.7 Å². The van der Waals surface area contributed by atoms with Gasteiger partial charge in [-0.1, -0.05) is 9.05 Å². The van der Waals surface area contributed by atoms with Crippen LogP contribution in [0.3, 0.4) is 0 Å². The summed E-state index contributed by atoms with van der Waals surface area (Å²) in [6.45, 7) is 0.236. The molecular formula is C20H24N10O7P+. The molecule has 6 N–H and O–H groups in total. The van der Waals surface area contributed by atoms with Crippen molar-refractivity contribution >= 4 is 42.5 Å². The van der Waals surface area contributed by atoms with Crippen LogP contribution >= 0.6 is 8.25 Å². The Morgan fingerprint density at radius 2 is 1.24 bits per heavy atom. The molecule has 2 fully saturated rings. The molecule has 18 heteroatoms. The predicted octanol–water partition coefficient (Wildman–Crippen LogP) is 0.121. The maximum atomic E-state index is 12.2. The molecule has 4 aromatic rings. The van der Waals surface area contributed by atoms with E-state index >= 15 is 0 Å². The first kappa shape index (κ1) is 24.6. The maximum Gasteiger partial charge on any atom is 0.702 e. The Hall–Kier alpha value is -3.76. The van der Waals surface area contributed by atoms with E-state index in [1.165, 1.54) is 12.7 Å². The molecule has 0 aliphatic heterocycles. The van der Waals surface area contributed by atoms with Crippen molar-refractivity contribution in [3.05, 3.63) is 33.4 Å². The van der Waals surface area contributed by atoms with Crippen molar-refractivity contribution in [3.63, 3.8) is 0 Å². The molecule has 17 nitrogen and oxygen atoms in total. The number of imidazole rings is 2. The number of anilines is 2. The molecule has 6 rings (SSSR count). The van der Waals surface area contributed by atoms with E-state index in [0.717, 1.165) is 25.7 Å². The van der Waals surface area contributed by atoms with Gasteiger partial charge in [-0.05, 0) is 25.7 Å². The molecule has 0 unspecified atom stereocenters. The third-order valence-corrected chi connectivity index (χ3v) is 7.20. The lowest BCUT2D eigenvalue weighted by atomic mass is 10.3. The SMILES string of the molecule is Nc1nc2c(ncn2CC2(OCO[P+](=O)OCOC3(Cn4cnc5c(=O)[nH]c(N)nc54)CC3)CC2)c(=O)[nH]1. The van der Waals surface area contributed by atoms with Crippen molar-refractivity contribution in [1.82, 2.24) is 39.0 Å². The fourth-order valence-electron chi connectivity index (χ4n) is 4.19. The fourth-order valence-corrected chi connectivity index (χ4v) is 4.55. The second-order valence-corrected chi connectivity index (χ2v) is 10.3. The quantitative estimate of drug-likeness (QED) is 0.136. The van der Waals surface area contributed by atoms with Crippen LogP contribution in [-0.2, 0) is 36.2 Å². The van der Waals surface area contributed by atoms with Crippen molar-refractivity contribution in [1.29, 1.82) is 0 Å². The number of rotatable bonds is 12. The fraction of sp³-hybridized carbons (Fsp3) is 0.500. The Kier molecular flexibility index (Phi) is 5.96. The summed E-state index contributed by atoms with van der Waals surface area (Å²) in [6.07, 6.45) is 5.98. The van der Waals surface area contributed by atoms with Crippen LogP contribution in [0.25, 0.3) is 22.3 Å². The van der Waals surface area contributed by atoms with Gasteiger partial charge in [0.1, 0.15) is 0 Å². The van der Waals surface area contributed by atoms with E-state index in [1.807, 2.05) is 0 Å². The topological polar surface area (TPSA) is 233 Å². The number of hydrogen-bond donors (Lipinski definition) is 4. The summed E-state index contributed by atoms with van der Waals surface area (Å²) in [4.78, 5) is 45.2. The summed E-state index contributed by atoms with van der Waals surface area (Å²) in [5.74, 6) is -0.00430. The summed E-state index contributed by atoms with van der Waals surface area (Å²) in [5, 5.41) is 0. The normalized spacial score (nSPS) is 17.3. The minimum atomic E-state index is -2.49. The third-order valence-electron chi connectivity index (χ3n) is 6.57. The smallest absolute Gasteiger partial charge is 0.369 e. The summed E-state index contributed by atoms with van der Waals surface area (Å²) in [5.41, 5.74) is 10.4. The Labute approximate surface area is 213 Å². The minimum Gasteiger partial charge on any atom is -0.369 e. The zero-order valence-electron chi connectivity index (χ0n) is 20.0. The number of hydrogen-bond acceptors (Lipinski definition) is 13. The maximum absolute atomic E-state index is 12.2. The number of ether oxygens (including phenoxy) is 2. The first-order valence-electron chi connectivity index (χ1n) is 11.7. The highest BCUT2D eigenvalue weighted by Gasteiger charge is 2.47. The number of H-pyrrole nitrogens is 2. The van der Waals surface area contributed by atoms with E-state index in [1.54, 1.807) is 9.13 Å². The highest BCUT2D eigenvalue weighted by Crippen LogP contribution is 2.43. The summed E-state index contributed by atoms with van der Waals surface area (Å²) in [7, 11) is -2.49. The number of nitrogens with two attached hydrogens (primary N) is 2. The number of nitrogens with zero attached hydrogens (tertiary/aromatic N) is 6. The van der Waals surface area contributed by atoms with Gasteiger partial charge < -0.3 is 30.1 Å². The van der Waals surface area contributed by atoms with Crippen LogP contribution in [0.5, 0.6) is 0 Å². The lowest BCUT2D eigenvalue weighted by molar-refractivity contribution is -0.0808. The highest BCUT2D eigenvalue weighted by atomic mass is 31.1. The molecule has 2 saturated carbocycles. The predicted molar refractivity (Wildman–Crippen MR) is 131 cm³/mol. The lowest BCUT2D eigenvalue weighted by Crippen LogP contribution is -2.24. The number of fused-ring (bicyclic) bond motifs is 2. The molecule has 2 aliphatic carbocycles. The largest absolute Gasteiger partial charge is 0.702 e. The summed E-state index contributed by atoms with van der Waals surface area (Å²) >= 11 is 0. The molecular weight excluding hydrogens is 523 g/mol. The van der Waals surface area contributed by atoms with Gasteiger partial charge in [0.2, 0.25) is 25.5 Å². The van der Waals surface area contributed by atoms with Gasteiger partial charge in [-0.2, -0.15) is 9.97 Å². The van der Waals surface area contributed by atoms with Gasteiger partial charge in [0.05, 0.1) is 36.9 Å². The van der Waals surface area contributed by atoms with E-state index in [4.69, 9.17) is 30.0 Å². The Balaban J connectivity index is 0.969. The van der Waals surface area contributed by atoms with Crippen molar-refractivity contribution in [3.8, 4) is 0 Å². The van der Waals surface area contributed by atoms with E-state index in [9.17, 15) is 14.2 Å². The van der Waals surface area contributed by atoms with Crippen molar-refractivity contribution in [2.45, 2.75) is 50.0 Å². The van der Waals surface area contributed by atoms with Crippen LogP contribution in [0.4, 0.5) is 11.9 Å². The molecule has 0 amide bonds. The third kappa shape index (κ3) is 4.89. The second kappa shape index (κ2) is 9.21. The average molecular weight is 547 g/mol. The van der Waals surface area contributed by atoms with Gasteiger partial charge in [-0.3, -0.25) is 19.6 Å². The summed E-state index contributed by atoms with van der Waals surface area (Å²) in [6, 6.07) is 0. The number of nitrogens with one attached hydrogen (secondary N) is 2. The van der Waals surface area contributed by atoms with Crippen LogP contribution in [0.15, 0.2) is 22.2 Å². The Bertz CT molecular complexity index is 1530. The zero-order valence-corrected chi connectivity index (χ0v) is 20.8. The molecule has 4 heterocycles. The summed E-state index contributed by atoms with van der Waals surface area (Å²) < 4.78 is 37.5.